The summed E-state index contributed by atoms with van der Waals surface area (Å²) in [7, 11) is 0. The molecule has 0 aromatic heterocycles. The third-order valence-electron chi connectivity index (χ3n) is 4.05. The van der Waals surface area contributed by atoms with Crippen LogP contribution in [0, 0.1) is 11.8 Å². The molecule has 96 valence electrons. The van der Waals surface area contributed by atoms with Gasteiger partial charge in [0.2, 0.25) is 0 Å². The lowest BCUT2D eigenvalue weighted by molar-refractivity contribution is -0.204. The zero-order chi connectivity index (χ0) is 11.7. The normalized spacial score (nSPS) is 37.9. The van der Waals surface area contributed by atoms with Crippen LogP contribution < -0.4 is 5.32 Å². The van der Waals surface area contributed by atoms with Gasteiger partial charge in [-0.15, -0.1) is 0 Å². The number of hydroxylamine groups is 2. The van der Waals surface area contributed by atoms with E-state index in [-0.39, 0.29) is 17.9 Å². The van der Waals surface area contributed by atoms with Gasteiger partial charge in [-0.3, -0.25) is 9.63 Å². The molecule has 0 radical (unpaired) electrons. The Morgan fingerprint density at radius 1 is 1.24 bits per heavy atom. The number of nitrogens with one attached hydrogen (secondary N) is 1. The van der Waals surface area contributed by atoms with Gasteiger partial charge >= 0.3 is 0 Å². The average Bonchev–Trinajstić information content (AvgIpc) is 2.87. The molecule has 0 aliphatic carbocycles. The largest absolute Gasteiger partial charge is 0.377 e. The number of amides is 1. The van der Waals surface area contributed by atoms with E-state index in [0.29, 0.717) is 12.5 Å². The number of rotatable bonds is 1. The number of hydrogen-bond acceptors (Lipinski definition) is 4. The van der Waals surface area contributed by atoms with Crippen molar-refractivity contribution in [3.63, 3.8) is 0 Å². The van der Waals surface area contributed by atoms with E-state index < -0.39 is 0 Å². The topological polar surface area (TPSA) is 50.8 Å². The van der Waals surface area contributed by atoms with Gasteiger partial charge in [0.25, 0.3) is 5.91 Å². The molecule has 0 aromatic carbocycles. The number of carbonyl (C=O) groups excluding carboxylic acids is 1. The first-order valence-corrected chi connectivity index (χ1v) is 6.63. The Morgan fingerprint density at radius 3 is 3.00 bits per heavy atom. The van der Waals surface area contributed by atoms with Crippen molar-refractivity contribution < 1.29 is 14.4 Å². The molecule has 0 spiro atoms. The quantitative estimate of drug-likeness (QED) is 0.709. The highest BCUT2D eigenvalue weighted by molar-refractivity contribution is 5.78. The number of nitrogens with zero attached hydrogens (tertiary/aromatic N) is 1. The Labute approximate surface area is 101 Å². The van der Waals surface area contributed by atoms with Crippen molar-refractivity contribution in [1.29, 1.82) is 0 Å². The zero-order valence-electron chi connectivity index (χ0n) is 10.1. The van der Waals surface area contributed by atoms with Crippen LogP contribution in [-0.4, -0.2) is 49.9 Å². The fraction of sp³-hybridized carbons (Fsp3) is 0.917. The lowest BCUT2D eigenvalue weighted by Crippen LogP contribution is -2.52. The summed E-state index contributed by atoms with van der Waals surface area (Å²) in [5.74, 6) is 0.570. The van der Waals surface area contributed by atoms with Crippen molar-refractivity contribution in [3.8, 4) is 0 Å². The van der Waals surface area contributed by atoms with Crippen LogP contribution in [0.5, 0.6) is 0 Å². The Hall–Kier alpha value is -0.650. The van der Waals surface area contributed by atoms with Crippen LogP contribution in [0.2, 0.25) is 0 Å². The van der Waals surface area contributed by atoms with Crippen molar-refractivity contribution in [1.82, 2.24) is 10.4 Å². The smallest absolute Gasteiger partial charge is 0.250 e. The minimum Gasteiger partial charge on any atom is -0.377 e. The summed E-state index contributed by atoms with van der Waals surface area (Å²) in [6.07, 6.45) is 3.34. The summed E-state index contributed by atoms with van der Waals surface area (Å²) >= 11 is 0. The molecule has 1 amide bonds. The second-order valence-electron chi connectivity index (χ2n) is 5.11. The number of hydrogen-bond donors (Lipinski definition) is 1. The highest BCUT2D eigenvalue weighted by atomic mass is 16.7. The Morgan fingerprint density at radius 2 is 2.18 bits per heavy atom. The highest BCUT2D eigenvalue weighted by Gasteiger charge is 2.42. The molecule has 17 heavy (non-hydrogen) atoms. The van der Waals surface area contributed by atoms with E-state index in [4.69, 9.17) is 9.57 Å². The van der Waals surface area contributed by atoms with Crippen molar-refractivity contribution in [2.24, 2.45) is 11.8 Å². The van der Waals surface area contributed by atoms with E-state index in [9.17, 15) is 4.79 Å². The maximum atomic E-state index is 12.4. The first kappa shape index (κ1) is 11.4. The Balaban J connectivity index is 1.67. The number of piperidine rings is 1. The maximum absolute atomic E-state index is 12.4. The van der Waals surface area contributed by atoms with E-state index >= 15 is 0 Å². The molecule has 3 aliphatic rings. The van der Waals surface area contributed by atoms with Crippen LogP contribution in [-0.2, 0) is 14.4 Å². The van der Waals surface area contributed by atoms with Gasteiger partial charge < -0.3 is 10.1 Å². The summed E-state index contributed by atoms with van der Waals surface area (Å²) < 4.78 is 5.65. The molecule has 3 saturated heterocycles. The van der Waals surface area contributed by atoms with Crippen LogP contribution in [0.3, 0.4) is 0 Å². The standard InChI is InChI=1S/C12H20N2O3/c15-12(14-4-1-2-5-17-14)10-7-13-8-11-9(10)3-6-16-11/h9-11,13H,1-8H2/t9-,10-,11+/m0/s1. The molecule has 5 heteroatoms. The van der Waals surface area contributed by atoms with Gasteiger partial charge in [0.05, 0.1) is 18.6 Å². The second kappa shape index (κ2) is 4.92. The first-order valence-electron chi connectivity index (χ1n) is 6.63. The van der Waals surface area contributed by atoms with Crippen LogP contribution >= 0.6 is 0 Å². The third-order valence-corrected chi connectivity index (χ3v) is 4.05. The van der Waals surface area contributed by atoms with Gasteiger partial charge in [-0.25, -0.2) is 5.06 Å². The monoisotopic (exact) mass is 240 g/mol. The second-order valence-corrected chi connectivity index (χ2v) is 5.11. The van der Waals surface area contributed by atoms with Crippen LogP contribution in [0.25, 0.3) is 0 Å². The fourth-order valence-electron chi connectivity index (χ4n) is 3.09. The number of ether oxygens (including phenoxy) is 1. The lowest BCUT2D eigenvalue weighted by atomic mass is 9.83. The summed E-state index contributed by atoms with van der Waals surface area (Å²) in [5.41, 5.74) is 0. The molecular formula is C12H20N2O3. The molecule has 3 aliphatic heterocycles. The van der Waals surface area contributed by atoms with E-state index in [2.05, 4.69) is 5.32 Å². The van der Waals surface area contributed by atoms with Gasteiger partial charge in [0.15, 0.2) is 0 Å². The predicted octanol–water partition coefficient (Wildman–Crippen LogP) is 0.165. The summed E-state index contributed by atoms with van der Waals surface area (Å²) in [4.78, 5) is 17.9. The minimum absolute atomic E-state index is 0.0364. The minimum atomic E-state index is 0.0364. The maximum Gasteiger partial charge on any atom is 0.250 e. The van der Waals surface area contributed by atoms with Crippen LogP contribution in [0.1, 0.15) is 19.3 Å². The Bertz CT molecular complexity index is 291. The molecule has 3 fully saturated rings. The van der Waals surface area contributed by atoms with Crippen LogP contribution in [0.4, 0.5) is 0 Å². The molecule has 0 bridgehead atoms. The average molecular weight is 240 g/mol. The first-order chi connectivity index (χ1) is 8.36. The molecule has 3 heterocycles. The van der Waals surface area contributed by atoms with Crippen molar-refractivity contribution >= 4 is 5.91 Å². The summed E-state index contributed by atoms with van der Waals surface area (Å²) in [6, 6.07) is 0. The SMILES string of the molecule is O=C([C@H]1CNC[C@H]2OCC[C@@H]12)N1CCCCO1. The van der Waals surface area contributed by atoms with E-state index in [1.54, 1.807) is 5.06 Å². The van der Waals surface area contributed by atoms with Gasteiger partial charge in [-0.2, -0.15) is 0 Å². The summed E-state index contributed by atoms with van der Waals surface area (Å²) in [5, 5.41) is 4.88. The molecule has 1 N–H and O–H groups in total. The summed E-state index contributed by atoms with van der Waals surface area (Å²) in [6.45, 7) is 3.87. The molecule has 3 rings (SSSR count). The van der Waals surface area contributed by atoms with Crippen molar-refractivity contribution in [2.45, 2.75) is 25.4 Å². The van der Waals surface area contributed by atoms with Crippen molar-refractivity contribution in [2.75, 3.05) is 32.8 Å². The highest BCUT2D eigenvalue weighted by Crippen LogP contribution is 2.32. The molecule has 5 nitrogen and oxygen atoms in total. The number of carbonyl (C=O) groups is 1. The molecule has 0 saturated carbocycles. The molecule has 3 atom stereocenters. The molecule has 0 unspecified atom stereocenters. The van der Waals surface area contributed by atoms with Gasteiger partial charge in [-0.1, -0.05) is 0 Å². The van der Waals surface area contributed by atoms with E-state index in [1.807, 2.05) is 0 Å². The van der Waals surface area contributed by atoms with Crippen LogP contribution in [0.15, 0.2) is 0 Å². The molecular weight excluding hydrogens is 220 g/mol. The fourth-order valence-corrected chi connectivity index (χ4v) is 3.09. The predicted molar refractivity (Wildman–Crippen MR) is 61.1 cm³/mol. The Kier molecular flexibility index (Phi) is 3.31. The van der Waals surface area contributed by atoms with Gasteiger partial charge in [0.1, 0.15) is 0 Å². The van der Waals surface area contributed by atoms with Gasteiger partial charge in [-0.05, 0) is 19.3 Å². The van der Waals surface area contributed by atoms with E-state index in [1.165, 1.54) is 0 Å². The lowest BCUT2D eigenvalue weighted by Gasteiger charge is -2.36. The molecule has 0 aromatic rings. The third kappa shape index (κ3) is 2.19. The van der Waals surface area contributed by atoms with Crippen molar-refractivity contribution in [3.05, 3.63) is 0 Å². The van der Waals surface area contributed by atoms with E-state index in [0.717, 1.165) is 45.5 Å². The van der Waals surface area contributed by atoms with Gasteiger partial charge in [0, 0.05) is 32.2 Å². The number of fused-ring (bicyclic) bond motifs is 1. The zero-order valence-corrected chi connectivity index (χ0v) is 10.1.